The number of nitrogens with zero attached hydrogens (tertiary/aromatic N) is 2. The van der Waals surface area contributed by atoms with Gasteiger partial charge in [0.05, 0.1) is 6.04 Å². The molecule has 138 valence electrons. The minimum atomic E-state index is 0.0246. The van der Waals surface area contributed by atoms with Gasteiger partial charge in [-0.15, -0.1) is 0 Å². The number of likely N-dealkylation sites (tertiary alicyclic amines) is 1. The zero-order valence-corrected chi connectivity index (χ0v) is 16.1. The Labute approximate surface area is 156 Å². The van der Waals surface area contributed by atoms with Gasteiger partial charge >= 0.3 is 0 Å². The summed E-state index contributed by atoms with van der Waals surface area (Å²) in [6, 6.07) is 8.35. The maximum Gasteiger partial charge on any atom is 0.240 e. The van der Waals surface area contributed by atoms with Gasteiger partial charge in [-0.1, -0.05) is 37.1 Å². The highest BCUT2D eigenvalue weighted by Crippen LogP contribution is 2.29. The maximum atomic E-state index is 13.2. The average Bonchev–Trinajstić information content (AvgIpc) is 3.24. The molecule has 0 saturated carbocycles. The zero-order chi connectivity index (χ0) is 17.8. The lowest BCUT2D eigenvalue weighted by atomic mass is 9.96. The van der Waals surface area contributed by atoms with Crippen LogP contribution in [0.1, 0.15) is 38.2 Å². The minimum Gasteiger partial charge on any atom is -0.340 e. The van der Waals surface area contributed by atoms with Crippen molar-refractivity contribution in [3.63, 3.8) is 0 Å². The highest BCUT2D eigenvalue weighted by molar-refractivity contribution is 6.30. The van der Waals surface area contributed by atoms with Crippen LogP contribution in [-0.2, 0) is 11.3 Å². The molecule has 0 bridgehead atoms. The lowest BCUT2D eigenvalue weighted by molar-refractivity contribution is -0.136. The van der Waals surface area contributed by atoms with E-state index in [1.54, 1.807) is 0 Å². The molecule has 1 aromatic carbocycles. The molecule has 3 atom stereocenters. The molecule has 2 aliphatic rings. The van der Waals surface area contributed by atoms with Gasteiger partial charge in [-0.05, 0) is 56.0 Å². The number of nitrogens with one attached hydrogen (secondary N) is 1. The van der Waals surface area contributed by atoms with Gasteiger partial charge in [0.25, 0.3) is 0 Å². The Hall–Kier alpha value is -1.10. The summed E-state index contributed by atoms with van der Waals surface area (Å²) in [6.07, 6.45) is 4.68. The first kappa shape index (κ1) is 18.7. The Morgan fingerprint density at radius 2 is 2.24 bits per heavy atom. The zero-order valence-electron chi connectivity index (χ0n) is 15.4. The first-order valence-corrected chi connectivity index (χ1v) is 9.93. The molecular formula is C20H30ClN3O. The van der Waals surface area contributed by atoms with Gasteiger partial charge in [-0.3, -0.25) is 9.69 Å². The molecule has 0 unspecified atom stereocenters. The Morgan fingerprint density at radius 3 is 2.92 bits per heavy atom. The molecule has 0 spiro atoms. The van der Waals surface area contributed by atoms with Crippen molar-refractivity contribution < 1.29 is 4.79 Å². The summed E-state index contributed by atoms with van der Waals surface area (Å²) in [5.41, 5.74) is 1.08. The largest absolute Gasteiger partial charge is 0.340 e. The molecule has 2 saturated heterocycles. The number of carbonyl (C=O) groups excluding carboxylic acids is 1. The van der Waals surface area contributed by atoms with Crippen LogP contribution in [0.25, 0.3) is 0 Å². The number of rotatable bonds is 6. The molecule has 0 aliphatic carbocycles. The molecule has 2 aliphatic heterocycles. The summed E-state index contributed by atoms with van der Waals surface area (Å²) in [5.74, 6) is 0.720. The number of benzene rings is 1. The van der Waals surface area contributed by atoms with E-state index in [0.717, 1.165) is 43.1 Å². The van der Waals surface area contributed by atoms with E-state index in [4.69, 9.17) is 11.6 Å². The van der Waals surface area contributed by atoms with Gasteiger partial charge in [0, 0.05) is 31.2 Å². The van der Waals surface area contributed by atoms with Gasteiger partial charge in [0.2, 0.25) is 5.91 Å². The van der Waals surface area contributed by atoms with Crippen molar-refractivity contribution in [3.05, 3.63) is 34.9 Å². The summed E-state index contributed by atoms with van der Waals surface area (Å²) in [4.78, 5) is 17.5. The third-order valence-corrected chi connectivity index (χ3v) is 5.94. The molecule has 1 aromatic rings. The molecule has 0 radical (unpaired) electrons. The second-order valence-electron chi connectivity index (χ2n) is 7.51. The second kappa shape index (κ2) is 8.52. The fourth-order valence-electron chi connectivity index (χ4n) is 4.33. The van der Waals surface area contributed by atoms with E-state index >= 15 is 0 Å². The molecule has 1 N–H and O–H groups in total. The molecule has 2 fully saturated rings. The van der Waals surface area contributed by atoms with Crippen molar-refractivity contribution in [3.8, 4) is 0 Å². The maximum absolute atomic E-state index is 13.2. The molecule has 2 heterocycles. The Bertz CT molecular complexity index is 588. The summed E-state index contributed by atoms with van der Waals surface area (Å²) in [6.45, 7) is 5.97. The van der Waals surface area contributed by atoms with Crippen LogP contribution in [0.15, 0.2) is 24.3 Å². The second-order valence-corrected chi connectivity index (χ2v) is 7.95. The van der Waals surface area contributed by atoms with E-state index in [-0.39, 0.29) is 11.9 Å². The van der Waals surface area contributed by atoms with Crippen LogP contribution < -0.4 is 5.32 Å². The molecule has 3 rings (SSSR count). The SMILES string of the molecule is CC[C@H]1CCN(C[C@@H]2CCCN2)[C@@H]1C(=O)N(C)Cc1cccc(Cl)c1. The van der Waals surface area contributed by atoms with E-state index in [1.807, 2.05) is 36.2 Å². The van der Waals surface area contributed by atoms with E-state index in [9.17, 15) is 4.79 Å². The number of hydrogen-bond acceptors (Lipinski definition) is 3. The Morgan fingerprint density at radius 1 is 1.40 bits per heavy atom. The van der Waals surface area contributed by atoms with Crippen molar-refractivity contribution in [2.45, 2.75) is 51.2 Å². The minimum absolute atomic E-state index is 0.0246. The van der Waals surface area contributed by atoms with Crippen molar-refractivity contribution in [2.75, 3.05) is 26.7 Å². The predicted octanol–water partition coefficient (Wildman–Crippen LogP) is 3.15. The topological polar surface area (TPSA) is 35.6 Å². The van der Waals surface area contributed by atoms with E-state index in [2.05, 4.69) is 17.1 Å². The van der Waals surface area contributed by atoms with Crippen molar-refractivity contribution >= 4 is 17.5 Å². The quantitative estimate of drug-likeness (QED) is 0.843. The van der Waals surface area contributed by atoms with Crippen LogP contribution in [0.2, 0.25) is 5.02 Å². The number of halogens is 1. The molecule has 5 heteroatoms. The van der Waals surface area contributed by atoms with Crippen LogP contribution in [0.4, 0.5) is 0 Å². The predicted molar refractivity (Wildman–Crippen MR) is 103 cm³/mol. The highest BCUT2D eigenvalue weighted by atomic mass is 35.5. The number of hydrogen-bond donors (Lipinski definition) is 1. The molecule has 25 heavy (non-hydrogen) atoms. The standard InChI is InChI=1S/C20H30ClN3O/c1-3-16-9-11-24(14-18-8-5-10-22-18)19(16)20(25)23(2)13-15-6-4-7-17(21)12-15/h4,6-7,12,16,18-19,22H,3,5,8-11,13-14H2,1-2H3/t16-,18-,19-/m0/s1. The third-order valence-electron chi connectivity index (χ3n) is 5.71. The van der Waals surface area contributed by atoms with Crippen LogP contribution in [0, 0.1) is 5.92 Å². The molecule has 4 nitrogen and oxygen atoms in total. The van der Waals surface area contributed by atoms with Crippen LogP contribution in [-0.4, -0.2) is 54.5 Å². The summed E-state index contributed by atoms with van der Waals surface area (Å²) >= 11 is 6.08. The lowest BCUT2D eigenvalue weighted by Crippen LogP contribution is -2.49. The molecular weight excluding hydrogens is 334 g/mol. The van der Waals surface area contributed by atoms with Crippen LogP contribution >= 0.6 is 11.6 Å². The number of likely N-dealkylation sites (N-methyl/N-ethyl adjacent to an activating group) is 1. The van der Waals surface area contributed by atoms with Gasteiger partial charge in [-0.25, -0.2) is 0 Å². The fraction of sp³-hybridized carbons (Fsp3) is 0.650. The van der Waals surface area contributed by atoms with Gasteiger partial charge in [0.15, 0.2) is 0 Å². The summed E-state index contributed by atoms with van der Waals surface area (Å²) in [7, 11) is 1.92. The fourth-order valence-corrected chi connectivity index (χ4v) is 4.54. The normalized spacial score (nSPS) is 26.9. The van der Waals surface area contributed by atoms with Crippen LogP contribution in [0.3, 0.4) is 0 Å². The monoisotopic (exact) mass is 363 g/mol. The van der Waals surface area contributed by atoms with E-state index in [1.165, 1.54) is 12.8 Å². The summed E-state index contributed by atoms with van der Waals surface area (Å²) in [5, 5.41) is 4.29. The molecule has 0 aromatic heterocycles. The van der Waals surface area contributed by atoms with Gasteiger partial charge in [-0.2, -0.15) is 0 Å². The van der Waals surface area contributed by atoms with E-state index < -0.39 is 0 Å². The Kier molecular flexibility index (Phi) is 6.37. The van der Waals surface area contributed by atoms with Crippen molar-refractivity contribution in [1.29, 1.82) is 0 Å². The lowest BCUT2D eigenvalue weighted by Gasteiger charge is -2.32. The van der Waals surface area contributed by atoms with Crippen molar-refractivity contribution in [1.82, 2.24) is 15.1 Å². The van der Waals surface area contributed by atoms with Gasteiger partial charge in [0.1, 0.15) is 0 Å². The van der Waals surface area contributed by atoms with Crippen LogP contribution in [0.5, 0.6) is 0 Å². The average molecular weight is 364 g/mol. The Balaban J connectivity index is 1.67. The van der Waals surface area contributed by atoms with Gasteiger partial charge < -0.3 is 10.2 Å². The molecule has 1 amide bonds. The smallest absolute Gasteiger partial charge is 0.240 e. The van der Waals surface area contributed by atoms with E-state index in [0.29, 0.717) is 18.5 Å². The summed E-state index contributed by atoms with van der Waals surface area (Å²) < 4.78 is 0. The third kappa shape index (κ3) is 4.55. The first-order valence-electron chi connectivity index (χ1n) is 9.55. The number of carbonyl (C=O) groups is 1. The highest BCUT2D eigenvalue weighted by Gasteiger charge is 2.40. The number of amides is 1. The van der Waals surface area contributed by atoms with Crippen molar-refractivity contribution in [2.24, 2.45) is 5.92 Å². The first-order chi connectivity index (χ1) is 12.1.